The number of aromatic nitrogens is 1. The van der Waals surface area contributed by atoms with Gasteiger partial charge < -0.3 is 10.7 Å². The van der Waals surface area contributed by atoms with E-state index in [1.54, 1.807) is 4.98 Å². The highest BCUT2D eigenvalue weighted by atomic mass is 19.4. The minimum absolute atomic E-state index is 0.0803. The van der Waals surface area contributed by atoms with Gasteiger partial charge in [-0.3, -0.25) is 14.4 Å². The molecule has 0 radical (unpaired) electrons. The van der Waals surface area contributed by atoms with Gasteiger partial charge in [-0.05, 0) is 11.6 Å². The Kier molecular flexibility index (Phi) is 3.85. The van der Waals surface area contributed by atoms with Gasteiger partial charge in [0, 0.05) is 11.1 Å². The maximum absolute atomic E-state index is 13.0. The smallest absolute Gasteiger partial charge is 0.365 e. The second-order valence-corrected chi connectivity index (χ2v) is 4.40. The lowest BCUT2D eigenvalue weighted by atomic mass is 10.00. The van der Waals surface area contributed by atoms with Crippen LogP contribution in [-0.4, -0.2) is 17.2 Å². The third kappa shape index (κ3) is 2.90. The van der Waals surface area contributed by atoms with Crippen molar-refractivity contribution in [1.29, 1.82) is 0 Å². The van der Waals surface area contributed by atoms with Crippen LogP contribution in [0, 0.1) is 0 Å². The molecule has 0 aliphatic carbocycles. The predicted octanol–water partition coefficient (Wildman–Crippen LogP) is 1.97. The van der Waals surface area contributed by atoms with Gasteiger partial charge in [0.2, 0.25) is 0 Å². The van der Waals surface area contributed by atoms with Crippen LogP contribution in [-0.2, 0) is 6.18 Å². The van der Waals surface area contributed by atoms with Gasteiger partial charge in [-0.25, -0.2) is 0 Å². The first-order valence-corrected chi connectivity index (χ1v) is 5.94. The third-order valence-electron chi connectivity index (χ3n) is 2.95. The number of rotatable bonds is 3. The molecule has 114 valence electrons. The first-order valence-electron chi connectivity index (χ1n) is 5.94. The fourth-order valence-electron chi connectivity index (χ4n) is 1.91. The lowest BCUT2D eigenvalue weighted by Crippen LogP contribution is -2.27. The highest BCUT2D eigenvalue weighted by molar-refractivity contribution is 5.94. The number of pyridine rings is 1. The number of aromatic amines is 1. The second kappa shape index (κ2) is 5.47. The zero-order chi connectivity index (χ0) is 16.5. The zero-order valence-corrected chi connectivity index (χ0v) is 10.9. The molecule has 1 amide bonds. The van der Waals surface area contributed by atoms with Crippen molar-refractivity contribution in [2.45, 2.75) is 6.18 Å². The van der Waals surface area contributed by atoms with Crippen LogP contribution in [0.4, 0.5) is 13.2 Å². The molecule has 1 aromatic carbocycles. The van der Waals surface area contributed by atoms with E-state index in [0.29, 0.717) is 6.29 Å². The van der Waals surface area contributed by atoms with Crippen molar-refractivity contribution in [3.05, 3.63) is 57.5 Å². The summed E-state index contributed by atoms with van der Waals surface area (Å²) in [5, 5.41) is 0. The fraction of sp³-hybridized carbons (Fsp3) is 0.0714. The number of carbonyl (C=O) groups excluding carboxylic acids is 2. The molecule has 0 bridgehead atoms. The van der Waals surface area contributed by atoms with Crippen LogP contribution in [0.1, 0.15) is 26.4 Å². The van der Waals surface area contributed by atoms with E-state index >= 15 is 0 Å². The molecular weight excluding hydrogens is 301 g/mol. The van der Waals surface area contributed by atoms with Crippen LogP contribution >= 0.6 is 0 Å². The Balaban J connectivity index is 2.75. The molecule has 1 aromatic heterocycles. The van der Waals surface area contributed by atoms with Gasteiger partial charge in [-0.15, -0.1) is 0 Å². The second-order valence-electron chi connectivity index (χ2n) is 4.40. The average molecular weight is 310 g/mol. The summed E-state index contributed by atoms with van der Waals surface area (Å²) in [5.41, 5.74) is 1.84. The molecule has 5 nitrogen and oxygen atoms in total. The zero-order valence-electron chi connectivity index (χ0n) is 10.9. The molecule has 0 unspecified atom stereocenters. The Morgan fingerprint density at radius 1 is 1.18 bits per heavy atom. The minimum atomic E-state index is -4.83. The van der Waals surface area contributed by atoms with E-state index < -0.39 is 34.5 Å². The molecule has 8 heteroatoms. The van der Waals surface area contributed by atoms with Gasteiger partial charge in [-0.1, -0.05) is 24.3 Å². The molecule has 2 aromatic rings. The molecule has 0 saturated carbocycles. The quantitative estimate of drug-likeness (QED) is 0.849. The number of hydrogen-bond acceptors (Lipinski definition) is 3. The fourth-order valence-corrected chi connectivity index (χ4v) is 1.91. The Hall–Kier alpha value is -2.90. The van der Waals surface area contributed by atoms with Crippen molar-refractivity contribution < 1.29 is 22.8 Å². The van der Waals surface area contributed by atoms with Crippen LogP contribution in [0.15, 0.2) is 35.1 Å². The number of alkyl halides is 3. The molecular formula is C14H9F3N2O3. The maximum Gasteiger partial charge on any atom is 0.431 e. The first-order chi connectivity index (χ1) is 10.2. The van der Waals surface area contributed by atoms with Crippen molar-refractivity contribution >= 4 is 12.2 Å². The summed E-state index contributed by atoms with van der Waals surface area (Å²) in [6, 6.07) is 5.98. The summed E-state index contributed by atoms with van der Waals surface area (Å²) in [5.74, 6) is -1.14. The molecule has 1 heterocycles. The largest absolute Gasteiger partial charge is 0.431 e. The maximum atomic E-state index is 13.0. The Morgan fingerprint density at radius 2 is 1.77 bits per heavy atom. The van der Waals surface area contributed by atoms with Gasteiger partial charge in [0.25, 0.3) is 11.5 Å². The summed E-state index contributed by atoms with van der Waals surface area (Å²) in [6.45, 7) is 0. The van der Waals surface area contributed by atoms with E-state index in [1.165, 1.54) is 24.3 Å². The average Bonchev–Trinajstić information content (AvgIpc) is 2.46. The van der Waals surface area contributed by atoms with Crippen LogP contribution in [0.25, 0.3) is 11.1 Å². The van der Waals surface area contributed by atoms with Crippen molar-refractivity contribution in [2.24, 2.45) is 5.73 Å². The first kappa shape index (κ1) is 15.5. The summed E-state index contributed by atoms with van der Waals surface area (Å²) < 4.78 is 39.1. The van der Waals surface area contributed by atoms with Gasteiger partial charge in [0.15, 0.2) is 0 Å². The summed E-state index contributed by atoms with van der Waals surface area (Å²) in [4.78, 5) is 34.9. The Labute approximate surface area is 121 Å². The van der Waals surface area contributed by atoms with Crippen molar-refractivity contribution in [1.82, 2.24) is 4.98 Å². The SMILES string of the molecule is NC(=O)c1cc(-c2ccc(C=O)cc2)c(C(F)(F)F)[nH]c1=O. The number of H-pyrrole nitrogens is 1. The summed E-state index contributed by atoms with van der Waals surface area (Å²) >= 11 is 0. The van der Waals surface area contributed by atoms with Gasteiger partial charge >= 0.3 is 6.18 Å². The van der Waals surface area contributed by atoms with Gasteiger partial charge in [0.05, 0.1) is 0 Å². The van der Waals surface area contributed by atoms with Crippen LogP contribution in [0.5, 0.6) is 0 Å². The highest BCUT2D eigenvalue weighted by Crippen LogP contribution is 2.35. The molecule has 0 fully saturated rings. The Bertz CT molecular complexity index is 792. The number of primary amides is 1. The predicted molar refractivity (Wildman–Crippen MR) is 71.4 cm³/mol. The topological polar surface area (TPSA) is 93.0 Å². The van der Waals surface area contributed by atoms with E-state index in [0.717, 1.165) is 6.07 Å². The molecule has 0 spiro atoms. The highest BCUT2D eigenvalue weighted by Gasteiger charge is 2.36. The van der Waals surface area contributed by atoms with E-state index in [1.807, 2.05) is 0 Å². The van der Waals surface area contributed by atoms with Crippen molar-refractivity contribution in [2.75, 3.05) is 0 Å². The van der Waals surface area contributed by atoms with Crippen LogP contribution < -0.4 is 11.3 Å². The minimum Gasteiger partial charge on any atom is -0.365 e. The number of halogens is 3. The van der Waals surface area contributed by atoms with Crippen LogP contribution in [0.2, 0.25) is 0 Å². The van der Waals surface area contributed by atoms with Crippen LogP contribution in [0.3, 0.4) is 0 Å². The number of nitrogens with one attached hydrogen (secondary N) is 1. The van der Waals surface area contributed by atoms with E-state index in [2.05, 4.69) is 0 Å². The number of amides is 1. The van der Waals surface area contributed by atoms with Gasteiger partial charge in [0.1, 0.15) is 17.5 Å². The number of aldehydes is 1. The summed E-state index contributed by atoms with van der Waals surface area (Å²) in [7, 11) is 0. The van der Waals surface area contributed by atoms with E-state index in [4.69, 9.17) is 5.73 Å². The lowest BCUT2D eigenvalue weighted by molar-refractivity contribution is -0.140. The van der Waals surface area contributed by atoms with E-state index in [9.17, 15) is 27.6 Å². The molecule has 0 saturated heterocycles. The monoisotopic (exact) mass is 310 g/mol. The summed E-state index contributed by atoms with van der Waals surface area (Å²) in [6.07, 6.45) is -4.29. The van der Waals surface area contributed by atoms with Crippen molar-refractivity contribution in [3.8, 4) is 11.1 Å². The molecule has 0 aliphatic heterocycles. The normalized spacial score (nSPS) is 11.2. The van der Waals surface area contributed by atoms with E-state index in [-0.39, 0.29) is 11.1 Å². The standard InChI is InChI=1S/C14H9F3N2O3/c15-14(16,17)11-9(5-10(12(18)21)13(22)19-11)8-3-1-7(6-20)2-4-8/h1-6H,(H2,18,21)(H,19,22). The number of nitrogens with two attached hydrogens (primary N) is 1. The molecule has 0 aliphatic rings. The molecule has 22 heavy (non-hydrogen) atoms. The van der Waals surface area contributed by atoms with Gasteiger partial charge in [-0.2, -0.15) is 13.2 Å². The lowest BCUT2D eigenvalue weighted by Gasteiger charge is -2.13. The third-order valence-corrected chi connectivity index (χ3v) is 2.95. The number of hydrogen-bond donors (Lipinski definition) is 2. The molecule has 0 atom stereocenters. The number of benzene rings is 1. The molecule has 2 rings (SSSR count). The Morgan fingerprint density at radius 3 is 2.23 bits per heavy atom. The molecule has 3 N–H and O–H groups in total. The van der Waals surface area contributed by atoms with Crippen molar-refractivity contribution in [3.63, 3.8) is 0 Å². The number of carbonyl (C=O) groups is 2.